The SMILES string of the molecule is O=c1[nH]c(N2CCc3ccccc3C2)nc2nccc(/C=C/c3ccccc3)c12. The van der Waals surface area contributed by atoms with Crippen LogP contribution in [0.1, 0.15) is 22.3 Å². The Morgan fingerprint density at radius 1 is 0.931 bits per heavy atom. The number of nitrogens with zero attached hydrogens (tertiary/aromatic N) is 3. The molecular weight excluding hydrogens is 360 g/mol. The lowest BCUT2D eigenvalue weighted by Gasteiger charge is -2.29. The van der Waals surface area contributed by atoms with Gasteiger partial charge in [0.1, 0.15) is 0 Å². The highest BCUT2D eigenvalue weighted by Crippen LogP contribution is 2.23. The number of benzene rings is 2. The number of pyridine rings is 1. The van der Waals surface area contributed by atoms with Crippen molar-refractivity contribution < 1.29 is 0 Å². The third-order valence-corrected chi connectivity index (χ3v) is 5.31. The first-order chi connectivity index (χ1) is 14.3. The van der Waals surface area contributed by atoms with Gasteiger partial charge in [-0.05, 0) is 34.7 Å². The lowest BCUT2D eigenvalue weighted by Crippen LogP contribution is -2.33. The van der Waals surface area contributed by atoms with Gasteiger partial charge in [0.25, 0.3) is 5.56 Å². The predicted molar refractivity (Wildman–Crippen MR) is 117 cm³/mol. The zero-order valence-corrected chi connectivity index (χ0v) is 15.9. The second kappa shape index (κ2) is 7.36. The number of H-pyrrole nitrogens is 1. The molecule has 29 heavy (non-hydrogen) atoms. The number of hydrogen-bond donors (Lipinski definition) is 1. The van der Waals surface area contributed by atoms with E-state index in [9.17, 15) is 4.79 Å². The number of aromatic nitrogens is 3. The van der Waals surface area contributed by atoms with E-state index >= 15 is 0 Å². The minimum absolute atomic E-state index is 0.162. The summed E-state index contributed by atoms with van der Waals surface area (Å²) in [6, 6.07) is 20.3. The molecule has 0 fully saturated rings. The van der Waals surface area contributed by atoms with Crippen LogP contribution in [0.2, 0.25) is 0 Å². The summed E-state index contributed by atoms with van der Waals surface area (Å²) in [5.74, 6) is 0.577. The molecule has 0 atom stereocenters. The second-order valence-electron chi connectivity index (χ2n) is 7.17. The van der Waals surface area contributed by atoms with Crippen LogP contribution in [0.5, 0.6) is 0 Å². The fourth-order valence-corrected chi connectivity index (χ4v) is 3.79. The Balaban J connectivity index is 1.51. The number of hydrogen-bond acceptors (Lipinski definition) is 4. The quantitative estimate of drug-likeness (QED) is 0.582. The van der Waals surface area contributed by atoms with Crippen molar-refractivity contribution in [2.75, 3.05) is 11.4 Å². The minimum atomic E-state index is -0.162. The van der Waals surface area contributed by atoms with Crippen molar-refractivity contribution in [3.05, 3.63) is 99.5 Å². The Bertz CT molecular complexity index is 1260. The van der Waals surface area contributed by atoms with Crippen LogP contribution >= 0.6 is 0 Å². The predicted octanol–water partition coefficient (Wildman–Crippen LogP) is 4.05. The van der Waals surface area contributed by atoms with Gasteiger partial charge >= 0.3 is 0 Å². The number of anilines is 1. The first-order valence-corrected chi connectivity index (χ1v) is 9.72. The molecule has 2 aromatic carbocycles. The third-order valence-electron chi connectivity index (χ3n) is 5.31. The van der Waals surface area contributed by atoms with Crippen molar-refractivity contribution >= 4 is 29.1 Å². The van der Waals surface area contributed by atoms with Crippen molar-refractivity contribution in [1.29, 1.82) is 0 Å². The van der Waals surface area contributed by atoms with Gasteiger partial charge in [0.05, 0.1) is 5.39 Å². The van der Waals surface area contributed by atoms with Gasteiger partial charge in [-0.15, -0.1) is 0 Å². The Kier molecular flexibility index (Phi) is 4.41. The molecule has 0 saturated heterocycles. The van der Waals surface area contributed by atoms with E-state index in [1.165, 1.54) is 11.1 Å². The summed E-state index contributed by atoms with van der Waals surface area (Å²) in [4.78, 5) is 27.0. The summed E-state index contributed by atoms with van der Waals surface area (Å²) >= 11 is 0. The zero-order chi connectivity index (χ0) is 19.6. The van der Waals surface area contributed by atoms with E-state index in [0.29, 0.717) is 17.0 Å². The standard InChI is InChI=1S/C24H20N4O/c29-23-21-19(11-10-17-6-2-1-3-7-17)12-14-25-22(21)26-24(27-23)28-15-13-18-8-4-5-9-20(18)16-28/h1-12,14H,13,15-16H2,(H,25,26,27,29)/b11-10+. The lowest BCUT2D eigenvalue weighted by molar-refractivity contribution is 0.708. The van der Waals surface area contributed by atoms with Crippen molar-refractivity contribution in [3.63, 3.8) is 0 Å². The maximum Gasteiger partial charge on any atom is 0.262 e. The molecule has 1 aliphatic heterocycles. The maximum absolute atomic E-state index is 12.9. The molecule has 5 rings (SSSR count). The molecule has 5 heteroatoms. The van der Waals surface area contributed by atoms with Crippen LogP contribution in [-0.2, 0) is 13.0 Å². The van der Waals surface area contributed by atoms with Crippen LogP contribution < -0.4 is 10.5 Å². The van der Waals surface area contributed by atoms with Crippen molar-refractivity contribution in [2.24, 2.45) is 0 Å². The van der Waals surface area contributed by atoms with Crippen molar-refractivity contribution in [2.45, 2.75) is 13.0 Å². The fourth-order valence-electron chi connectivity index (χ4n) is 3.79. The van der Waals surface area contributed by atoms with E-state index < -0.39 is 0 Å². The van der Waals surface area contributed by atoms with E-state index in [1.807, 2.05) is 54.6 Å². The monoisotopic (exact) mass is 380 g/mol. The lowest BCUT2D eigenvalue weighted by atomic mass is 10.0. The Morgan fingerprint density at radius 3 is 2.59 bits per heavy atom. The Labute approximate surface area is 168 Å². The first-order valence-electron chi connectivity index (χ1n) is 9.72. The van der Waals surface area contributed by atoms with Crippen LogP contribution in [0.4, 0.5) is 5.95 Å². The molecule has 2 aromatic heterocycles. The van der Waals surface area contributed by atoms with Crippen LogP contribution in [0, 0.1) is 0 Å². The summed E-state index contributed by atoms with van der Waals surface area (Å²) in [7, 11) is 0. The summed E-state index contributed by atoms with van der Waals surface area (Å²) in [6.07, 6.45) is 6.57. The van der Waals surface area contributed by atoms with Crippen LogP contribution in [-0.4, -0.2) is 21.5 Å². The van der Waals surface area contributed by atoms with Gasteiger partial charge in [-0.2, -0.15) is 4.98 Å². The normalized spacial score (nSPS) is 13.7. The molecule has 0 unspecified atom stereocenters. The largest absolute Gasteiger partial charge is 0.338 e. The van der Waals surface area contributed by atoms with Gasteiger partial charge in [-0.3, -0.25) is 9.78 Å². The van der Waals surface area contributed by atoms with Crippen molar-refractivity contribution in [1.82, 2.24) is 15.0 Å². The molecule has 0 saturated carbocycles. The van der Waals surface area contributed by atoms with Gasteiger partial charge in [-0.25, -0.2) is 4.98 Å². The van der Waals surface area contributed by atoms with Crippen LogP contribution in [0.15, 0.2) is 71.7 Å². The smallest absolute Gasteiger partial charge is 0.262 e. The van der Waals surface area contributed by atoms with E-state index in [2.05, 4.69) is 38.1 Å². The molecule has 5 nitrogen and oxygen atoms in total. The zero-order valence-electron chi connectivity index (χ0n) is 15.9. The molecule has 1 N–H and O–H groups in total. The maximum atomic E-state index is 12.9. The average molecular weight is 380 g/mol. The molecule has 0 spiro atoms. The molecule has 0 aliphatic carbocycles. The molecule has 3 heterocycles. The van der Waals surface area contributed by atoms with Gasteiger partial charge < -0.3 is 4.90 Å². The van der Waals surface area contributed by atoms with Gasteiger partial charge in [-0.1, -0.05) is 66.7 Å². The second-order valence-corrected chi connectivity index (χ2v) is 7.17. The number of fused-ring (bicyclic) bond motifs is 2. The number of aromatic amines is 1. The molecule has 4 aromatic rings. The summed E-state index contributed by atoms with van der Waals surface area (Å²) in [5, 5.41) is 0.515. The summed E-state index contributed by atoms with van der Waals surface area (Å²) in [5.41, 5.74) is 4.82. The van der Waals surface area contributed by atoms with E-state index in [-0.39, 0.29) is 5.56 Å². The van der Waals surface area contributed by atoms with Gasteiger partial charge in [0, 0.05) is 19.3 Å². The van der Waals surface area contributed by atoms with Gasteiger partial charge in [0.15, 0.2) is 5.65 Å². The minimum Gasteiger partial charge on any atom is -0.338 e. The van der Waals surface area contributed by atoms with E-state index in [4.69, 9.17) is 0 Å². The number of rotatable bonds is 3. The molecule has 1 aliphatic rings. The molecule has 0 amide bonds. The third kappa shape index (κ3) is 3.43. The Hall–Kier alpha value is -3.73. The number of nitrogens with one attached hydrogen (secondary N) is 1. The molecule has 142 valence electrons. The Morgan fingerprint density at radius 2 is 1.72 bits per heavy atom. The topological polar surface area (TPSA) is 61.9 Å². The van der Waals surface area contributed by atoms with Gasteiger partial charge in [0.2, 0.25) is 5.95 Å². The fraction of sp³-hybridized carbons (Fsp3) is 0.125. The van der Waals surface area contributed by atoms with Crippen LogP contribution in [0.3, 0.4) is 0 Å². The molecular formula is C24H20N4O. The van der Waals surface area contributed by atoms with Crippen LogP contribution in [0.25, 0.3) is 23.2 Å². The molecule has 0 radical (unpaired) electrons. The highest BCUT2D eigenvalue weighted by molar-refractivity contribution is 5.88. The highest BCUT2D eigenvalue weighted by Gasteiger charge is 2.19. The first kappa shape index (κ1) is 17.4. The van der Waals surface area contributed by atoms with Crippen molar-refractivity contribution in [3.8, 4) is 0 Å². The average Bonchev–Trinajstić information content (AvgIpc) is 2.78. The van der Waals surface area contributed by atoms with E-state index in [1.54, 1.807) is 6.20 Å². The highest BCUT2D eigenvalue weighted by atomic mass is 16.1. The van der Waals surface area contributed by atoms with E-state index in [0.717, 1.165) is 30.6 Å². The summed E-state index contributed by atoms with van der Waals surface area (Å²) < 4.78 is 0. The summed E-state index contributed by atoms with van der Waals surface area (Å²) in [6.45, 7) is 1.55. The molecule has 0 bridgehead atoms.